The number of hydrogen-bond donors (Lipinski definition) is 2. The first-order chi connectivity index (χ1) is 5.91. The Morgan fingerprint density at radius 2 is 1.33 bits per heavy atom. The Hall–Kier alpha value is -0.800. The molecular formula is C6H10N4S2. The lowest BCUT2D eigenvalue weighted by Gasteiger charge is -1.98. The fraction of sp³-hybridized carbons (Fsp3) is 0.667. The van der Waals surface area contributed by atoms with Crippen molar-refractivity contribution in [3.8, 4) is 0 Å². The lowest BCUT2D eigenvalue weighted by atomic mass is 10.3. The van der Waals surface area contributed by atoms with Gasteiger partial charge in [-0.25, -0.2) is 0 Å². The second-order valence-corrected chi connectivity index (χ2v) is 2.29. The molecule has 0 spiro atoms. The van der Waals surface area contributed by atoms with Crippen molar-refractivity contribution in [2.75, 3.05) is 13.1 Å². The van der Waals surface area contributed by atoms with Crippen molar-refractivity contribution in [3.63, 3.8) is 0 Å². The summed E-state index contributed by atoms with van der Waals surface area (Å²) in [5, 5.41) is 11.5. The predicted molar refractivity (Wildman–Crippen MR) is 55.3 cm³/mol. The second-order valence-electron chi connectivity index (χ2n) is 1.93. The van der Waals surface area contributed by atoms with Crippen LogP contribution in [0.5, 0.6) is 0 Å². The number of unbranched alkanes of at least 4 members (excludes halogenated alkanes) is 1. The molecule has 0 radical (unpaired) electrons. The van der Waals surface area contributed by atoms with Crippen LogP contribution in [0, 0.1) is 0 Å². The van der Waals surface area contributed by atoms with Gasteiger partial charge in [-0.3, -0.25) is 0 Å². The predicted octanol–water partition coefficient (Wildman–Crippen LogP) is 0.981. The zero-order valence-corrected chi connectivity index (χ0v) is 8.17. The molecule has 0 aromatic rings. The zero-order valence-electron chi connectivity index (χ0n) is 6.54. The first-order valence-corrected chi connectivity index (χ1v) is 4.33. The summed E-state index contributed by atoms with van der Waals surface area (Å²) in [5.41, 5.74) is 5.48. The molecule has 0 unspecified atom stereocenters. The Morgan fingerprint density at radius 1 is 0.917 bits per heavy atom. The molecule has 66 valence electrons. The SMILES string of the molecule is S=C=NNCCCCNN=C=S. The Bertz CT molecular complexity index is 172. The standard InChI is InChI=1S/C6H10N4S2/c11-5-9-7-3-1-2-4-8-10-6-12/h7-8H,1-4H2. The largest absolute Gasteiger partial charge is 0.301 e. The van der Waals surface area contributed by atoms with Crippen LogP contribution in [-0.4, -0.2) is 23.4 Å². The Labute approximate surface area is 82.1 Å². The summed E-state index contributed by atoms with van der Waals surface area (Å²) in [5.74, 6) is 0. The third-order valence-electron chi connectivity index (χ3n) is 1.08. The molecule has 0 aliphatic carbocycles. The number of isothiocyanates is 2. The Morgan fingerprint density at radius 3 is 1.67 bits per heavy atom. The van der Waals surface area contributed by atoms with Gasteiger partial charge in [0.15, 0.2) is 0 Å². The molecule has 0 bridgehead atoms. The first kappa shape index (κ1) is 11.2. The van der Waals surface area contributed by atoms with Crippen LogP contribution in [-0.2, 0) is 0 Å². The summed E-state index contributed by atoms with van der Waals surface area (Å²) in [6, 6.07) is 0. The van der Waals surface area contributed by atoms with Crippen molar-refractivity contribution in [3.05, 3.63) is 0 Å². The molecule has 0 atom stereocenters. The molecule has 0 rings (SSSR count). The maximum atomic E-state index is 4.36. The van der Waals surface area contributed by atoms with E-state index < -0.39 is 0 Å². The van der Waals surface area contributed by atoms with Crippen molar-refractivity contribution < 1.29 is 0 Å². The van der Waals surface area contributed by atoms with Crippen LogP contribution in [0.3, 0.4) is 0 Å². The lowest BCUT2D eigenvalue weighted by molar-refractivity contribution is 0.610. The quantitative estimate of drug-likeness (QED) is 0.280. The van der Waals surface area contributed by atoms with E-state index in [-0.39, 0.29) is 0 Å². The molecule has 0 saturated heterocycles. The summed E-state index contributed by atoms with van der Waals surface area (Å²) in [7, 11) is 0. The Kier molecular flexibility index (Phi) is 9.52. The van der Waals surface area contributed by atoms with Crippen molar-refractivity contribution in [2.24, 2.45) is 10.2 Å². The van der Waals surface area contributed by atoms with E-state index in [0.717, 1.165) is 25.9 Å². The molecular weight excluding hydrogens is 192 g/mol. The number of nitrogens with one attached hydrogen (secondary N) is 2. The van der Waals surface area contributed by atoms with E-state index in [1.165, 1.54) is 0 Å². The van der Waals surface area contributed by atoms with Gasteiger partial charge in [0.25, 0.3) is 0 Å². The summed E-state index contributed by atoms with van der Waals surface area (Å²) in [6.07, 6.45) is 2.00. The van der Waals surface area contributed by atoms with E-state index in [1.807, 2.05) is 0 Å². The summed E-state index contributed by atoms with van der Waals surface area (Å²) in [6.45, 7) is 1.60. The fourth-order valence-electron chi connectivity index (χ4n) is 0.584. The van der Waals surface area contributed by atoms with E-state index in [1.54, 1.807) is 0 Å². The molecule has 0 aliphatic rings. The third-order valence-corrected chi connectivity index (χ3v) is 1.26. The topological polar surface area (TPSA) is 48.8 Å². The van der Waals surface area contributed by atoms with Crippen LogP contribution < -0.4 is 10.9 Å². The molecule has 0 heterocycles. The second kappa shape index (κ2) is 10.2. The summed E-state index contributed by atoms with van der Waals surface area (Å²) in [4.78, 5) is 0. The van der Waals surface area contributed by atoms with Crippen LogP contribution in [0.2, 0.25) is 0 Å². The van der Waals surface area contributed by atoms with Crippen LogP contribution in [0.25, 0.3) is 0 Å². The highest BCUT2D eigenvalue weighted by molar-refractivity contribution is 7.78. The van der Waals surface area contributed by atoms with Gasteiger partial charge in [-0.1, -0.05) is 0 Å². The highest BCUT2D eigenvalue weighted by Gasteiger charge is 1.84. The highest BCUT2D eigenvalue weighted by Crippen LogP contribution is 1.83. The zero-order chi connectivity index (χ0) is 9.07. The normalized spacial score (nSPS) is 7.67. The van der Waals surface area contributed by atoms with Crippen LogP contribution >= 0.6 is 24.4 Å². The smallest absolute Gasteiger partial charge is 0.0843 e. The fourth-order valence-corrected chi connectivity index (χ4v) is 0.714. The van der Waals surface area contributed by atoms with Gasteiger partial charge in [0.2, 0.25) is 0 Å². The van der Waals surface area contributed by atoms with E-state index in [4.69, 9.17) is 0 Å². The molecule has 0 aromatic carbocycles. The summed E-state index contributed by atoms with van der Waals surface area (Å²) >= 11 is 8.72. The molecule has 0 amide bonds. The lowest BCUT2D eigenvalue weighted by Crippen LogP contribution is -2.11. The molecule has 0 aliphatic heterocycles. The van der Waals surface area contributed by atoms with Gasteiger partial charge >= 0.3 is 0 Å². The van der Waals surface area contributed by atoms with Crippen LogP contribution in [0.1, 0.15) is 12.8 Å². The van der Waals surface area contributed by atoms with Gasteiger partial charge in [0, 0.05) is 13.1 Å². The molecule has 2 N–H and O–H groups in total. The molecule has 0 fully saturated rings. The monoisotopic (exact) mass is 202 g/mol. The minimum Gasteiger partial charge on any atom is -0.301 e. The summed E-state index contributed by atoms with van der Waals surface area (Å²) < 4.78 is 0. The van der Waals surface area contributed by atoms with Gasteiger partial charge in [-0.15, -0.1) is 10.2 Å². The number of hydrogen-bond acceptors (Lipinski definition) is 6. The van der Waals surface area contributed by atoms with Crippen LogP contribution in [0.15, 0.2) is 10.2 Å². The molecule has 6 heteroatoms. The number of nitrogens with zero attached hydrogens (tertiary/aromatic N) is 2. The minimum atomic E-state index is 0.798. The van der Waals surface area contributed by atoms with Gasteiger partial charge in [0.05, 0.1) is 10.3 Å². The van der Waals surface area contributed by atoms with Gasteiger partial charge in [0.1, 0.15) is 0 Å². The highest BCUT2D eigenvalue weighted by atomic mass is 32.1. The van der Waals surface area contributed by atoms with Crippen LogP contribution in [0.4, 0.5) is 0 Å². The Balaban J connectivity index is 3.00. The van der Waals surface area contributed by atoms with Crippen molar-refractivity contribution in [1.29, 1.82) is 0 Å². The minimum absolute atomic E-state index is 0.798. The molecule has 0 saturated carbocycles. The van der Waals surface area contributed by atoms with Gasteiger partial charge in [-0.05, 0) is 37.3 Å². The maximum absolute atomic E-state index is 4.36. The van der Waals surface area contributed by atoms with E-state index >= 15 is 0 Å². The number of hydrazone groups is 2. The van der Waals surface area contributed by atoms with E-state index in [2.05, 4.69) is 55.8 Å². The third kappa shape index (κ3) is 9.20. The van der Waals surface area contributed by atoms with Crippen molar-refractivity contribution >= 4 is 34.8 Å². The molecule has 0 aromatic heterocycles. The first-order valence-electron chi connectivity index (χ1n) is 3.51. The maximum Gasteiger partial charge on any atom is 0.0843 e. The molecule has 12 heavy (non-hydrogen) atoms. The van der Waals surface area contributed by atoms with Gasteiger partial charge in [-0.2, -0.15) is 0 Å². The average molecular weight is 202 g/mol. The molecule has 4 nitrogen and oxygen atoms in total. The average Bonchev–Trinajstić information content (AvgIpc) is 2.10. The number of thiocarbonyl (C=S) groups is 2. The van der Waals surface area contributed by atoms with Crippen molar-refractivity contribution in [2.45, 2.75) is 12.8 Å². The number of rotatable bonds is 7. The van der Waals surface area contributed by atoms with E-state index in [9.17, 15) is 0 Å². The van der Waals surface area contributed by atoms with Gasteiger partial charge < -0.3 is 10.9 Å². The van der Waals surface area contributed by atoms with Crippen molar-refractivity contribution in [1.82, 2.24) is 10.9 Å². The van der Waals surface area contributed by atoms with E-state index in [0.29, 0.717) is 0 Å².